The van der Waals surface area contributed by atoms with E-state index < -0.39 is 11.6 Å². The van der Waals surface area contributed by atoms with Gasteiger partial charge in [0.25, 0.3) is 5.56 Å². The summed E-state index contributed by atoms with van der Waals surface area (Å²) >= 11 is 0. The van der Waals surface area contributed by atoms with Crippen molar-refractivity contribution in [3.8, 4) is 17.0 Å². The second-order valence-electron chi connectivity index (χ2n) is 7.27. The minimum atomic E-state index is -0.877. The van der Waals surface area contributed by atoms with Gasteiger partial charge in [-0.1, -0.05) is 35.5 Å². The number of carbonyl (C=O) groups excluding carboxylic acids is 1. The molecule has 0 saturated heterocycles. The molecule has 0 fully saturated rings. The Balaban J connectivity index is 1.83. The summed E-state index contributed by atoms with van der Waals surface area (Å²) in [6.45, 7) is 5.24. The van der Waals surface area contributed by atoms with E-state index >= 15 is 0 Å². The maximum Gasteiger partial charge on any atom is 0.297 e. The van der Waals surface area contributed by atoms with E-state index in [4.69, 9.17) is 9.26 Å². The van der Waals surface area contributed by atoms with Crippen molar-refractivity contribution in [2.45, 2.75) is 26.8 Å². The molecule has 0 saturated carbocycles. The van der Waals surface area contributed by atoms with Gasteiger partial charge in [-0.2, -0.15) is 5.10 Å². The van der Waals surface area contributed by atoms with Crippen LogP contribution in [-0.2, 0) is 4.79 Å². The number of aromatic nitrogens is 3. The first-order valence-electron chi connectivity index (χ1n) is 9.80. The van der Waals surface area contributed by atoms with Gasteiger partial charge >= 0.3 is 0 Å². The Hall–Kier alpha value is -3.94. The topological polar surface area (TPSA) is 99.2 Å². The largest absolute Gasteiger partial charge is 0.497 e. The third-order valence-electron chi connectivity index (χ3n) is 5.21. The molecule has 2 aromatic heterocycles. The number of para-hydroxylation sites is 1. The summed E-state index contributed by atoms with van der Waals surface area (Å²) in [5, 5.41) is 11.9. The summed E-state index contributed by atoms with van der Waals surface area (Å²) in [5.41, 5.74) is 2.44. The molecule has 2 aromatic carbocycles. The lowest BCUT2D eigenvalue weighted by Crippen LogP contribution is -2.34. The molecule has 1 amide bonds. The number of anilines is 1. The third kappa shape index (κ3) is 3.68. The molecule has 8 heteroatoms. The van der Waals surface area contributed by atoms with Crippen molar-refractivity contribution >= 4 is 22.5 Å². The van der Waals surface area contributed by atoms with Crippen LogP contribution < -0.4 is 15.6 Å². The van der Waals surface area contributed by atoms with Crippen molar-refractivity contribution < 1.29 is 14.1 Å². The van der Waals surface area contributed by atoms with E-state index in [0.29, 0.717) is 28.3 Å². The molecule has 1 unspecified atom stereocenters. The highest BCUT2D eigenvalue weighted by Gasteiger charge is 2.24. The molecule has 4 rings (SSSR count). The predicted molar refractivity (Wildman–Crippen MR) is 117 cm³/mol. The van der Waals surface area contributed by atoms with Crippen molar-refractivity contribution in [2.75, 3.05) is 12.4 Å². The zero-order valence-corrected chi connectivity index (χ0v) is 17.7. The van der Waals surface area contributed by atoms with Crippen molar-refractivity contribution in [1.29, 1.82) is 0 Å². The van der Waals surface area contributed by atoms with Gasteiger partial charge in [0.15, 0.2) is 5.52 Å². The number of amides is 1. The van der Waals surface area contributed by atoms with Crippen molar-refractivity contribution in [3.63, 3.8) is 0 Å². The second-order valence-corrected chi connectivity index (χ2v) is 7.27. The fourth-order valence-electron chi connectivity index (χ4n) is 3.40. The maximum atomic E-state index is 13.1. The Morgan fingerprint density at radius 1 is 1.16 bits per heavy atom. The van der Waals surface area contributed by atoms with E-state index in [2.05, 4.69) is 15.6 Å². The van der Waals surface area contributed by atoms with E-state index in [0.717, 1.165) is 15.8 Å². The fourth-order valence-corrected chi connectivity index (χ4v) is 3.40. The van der Waals surface area contributed by atoms with Crippen LogP contribution >= 0.6 is 0 Å². The molecule has 0 aliphatic carbocycles. The number of hydrogen-bond donors (Lipinski definition) is 1. The van der Waals surface area contributed by atoms with Crippen LogP contribution in [0.15, 0.2) is 57.8 Å². The van der Waals surface area contributed by atoms with Gasteiger partial charge in [-0.3, -0.25) is 9.59 Å². The highest BCUT2D eigenvalue weighted by atomic mass is 16.5. The molecule has 0 aliphatic heterocycles. The minimum absolute atomic E-state index is 0.126. The SMILES string of the molecule is COc1cccc(-c2nn(C(C)C(=O)Nc3ccccc3C)c(=O)c3noc(C)c23)c1. The number of fused-ring (bicyclic) bond motifs is 1. The van der Waals surface area contributed by atoms with E-state index in [-0.39, 0.29) is 11.4 Å². The Kier molecular flexibility index (Phi) is 5.29. The monoisotopic (exact) mass is 418 g/mol. The average molecular weight is 418 g/mol. The molecule has 0 radical (unpaired) electrons. The van der Waals surface area contributed by atoms with Gasteiger partial charge in [0.2, 0.25) is 5.91 Å². The molecule has 31 heavy (non-hydrogen) atoms. The molecular weight excluding hydrogens is 396 g/mol. The first kappa shape index (κ1) is 20.3. The Labute approximate surface area is 178 Å². The van der Waals surface area contributed by atoms with Crippen LogP contribution in [0.5, 0.6) is 5.75 Å². The van der Waals surface area contributed by atoms with E-state index in [1.54, 1.807) is 27.0 Å². The number of rotatable bonds is 5. The van der Waals surface area contributed by atoms with E-state index in [9.17, 15) is 9.59 Å². The summed E-state index contributed by atoms with van der Waals surface area (Å²) in [7, 11) is 1.58. The zero-order valence-electron chi connectivity index (χ0n) is 17.7. The molecule has 0 spiro atoms. The molecule has 8 nitrogen and oxygen atoms in total. The van der Waals surface area contributed by atoms with E-state index in [1.165, 1.54) is 0 Å². The summed E-state index contributed by atoms with van der Waals surface area (Å²) in [5.74, 6) is 0.756. The summed E-state index contributed by atoms with van der Waals surface area (Å²) < 4.78 is 11.7. The molecule has 0 aliphatic rings. The normalized spacial score (nSPS) is 12.0. The Bertz CT molecular complexity index is 1340. The molecule has 2 heterocycles. The Morgan fingerprint density at radius 3 is 2.68 bits per heavy atom. The lowest BCUT2D eigenvalue weighted by molar-refractivity contribution is -0.119. The van der Waals surface area contributed by atoms with Gasteiger partial charge in [-0.25, -0.2) is 4.68 Å². The molecule has 158 valence electrons. The summed E-state index contributed by atoms with van der Waals surface area (Å²) in [6.07, 6.45) is 0. The van der Waals surface area contributed by atoms with Crippen LogP contribution in [-0.4, -0.2) is 28.0 Å². The zero-order chi connectivity index (χ0) is 22.1. The van der Waals surface area contributed by atoms with Crippen molar-refractivity contribution in [1.82, 2.24) is 14.9 Å². The number of nitrogens with one attached hydrogen (secondary N) is 1. The number of carbonyl (C=O) groups is 1. The van der Waals surface area contributed by atoms with Crippen LogP contribution in [0.4, 0.5) is 5.69 Å². The lowest BCUT2D eigenvalue weighted by atomic mass is 10.1. The number of hydrogen-bond acceptors (Lipinski definition) is 6. The second kappa shape index (κ2) is 8.06. The molecule has 4 aromatic rings. The molecule has 1 atom stereocenters. The third-order valence-corrected chi connectivity index (χ3v) is 5.21. The standard InChI is InChI=1S/C23H22N4O4/c1-13-8-5-6-11-18(13)24-22(28)14(2)27-23(29)21-19(15(3)31-26-21)20(25-27)16-9-7-10-17(12-16)30-4/h5-12,14H,1-4H3,(H,24,28). The van der Waals surface area contributed by atoms with Crippen LogP contribution in [0.2, 0.25) is 0 Å². The molecular formula is C23H22N4O4. The Morgan fingerprint density at radius 2 is 1.94 bits per heavy atom. The van der Waals surface area contributed by atoms with Crippen LogP contribution in [0.3, 0.4) is 0 Å². The van der Waals surface area contributed by atoms with Gasteiger partial charge in [-0.05, 0) is 44.5 Å². The summed E-state index contributed by atoms with van der Waals surface area (Å²) in [4.78, 5) is 26.0. The van der Waals surface area contributed by atoms with Gasteiger partial charge in [-0.15, -0.1) is 0 Å². The highest BCUT2D eigenvalue weighted by molar-refractivity contribution is 5.95. The minimum Gasteiger partial charge on any atom is -0.497 e. The molecule has 0 bridgehead atoms. The van der Waals surface area contributed by atoms with Crippen LogP contribution in [0.25, 0.3) is 22.2 Å². The first-order chi connectivity index (χ1) is 14.9. The van der Waals surface area contributed by atoms with Gasteiger partial charge in [0.05, 0.1) is 12.5 Å². The summed E-state index contributed by atoms with van der Waals surface area (Å²) in [6, 6.07) is 13.9. The van der Waals surface area contributed by atoms with Crippen LogP contribution in [0.1, 0.15) is 24.3 Å². The van der Waals surface area contributed by atoms with E-state index in [1.807, 2.05) is 49.4 Å². The lowest BCUT2D eigenvalue weighted by Gasteiger charge is -2.16. The van der Waals surface area contributed by atoms with Gasteiger partial charge in [0, 0.05) is 11.3 Å². The number of ether oxygens (including phenoxy) is 1. The number of methoxy groups -OCH3 is 1. The van der Waals surface area contributed by atoms with Crippen LogP contribution in [0, 0.1) is 13.8 Å². The number of benzene rings is 2. The van der Waals surface area contributed by atoms with Crippen molar-refractivity contribution in [2.24, 2.45) is 0 Å². The number of aryl methyl sites for hydroxylation is 2. The smallest absolute Gasteiger partial charge is 0.297 e. The maximum absolute atomic E-state index is 13.1. The fraction of sp³-hybridized carbons (Fsp3) is 0.217. The average Bonchev–Trinajstić information content (AvgIpc) is 3.17. The quantitative estimate of drug-likeness (QED) is 0.528. The first-order valence-corrected chi connectivity index (χ1v) is 9.80. The number of nitrogens with zero attached hydrogens (tertiary/aromatic N) is 3. The predicted octanol–water partition coefficient (Wildman–Crippen LogP) is 3.88. The highest BCUT2D eigenvalue weighted by Crippen LogP contribution is 2.30. The van der Waals surface area contributed by atoms with Gasteiger partial charge in [0.1, 0.15) is 23.2 Å². The molecule has 1 N–H and O–H groups in total. The van der Waals surface area contributed by atoms with Gasteiger partial charge < -0.3 is 14.6 Å². The van der Waals surface area contributed by atoms with Crippen molar-refractivity contribution in [3.05, 3.63) is 70.2 Å².